The maximum Gasteiger partial charge on any atom is 0.308 e. The number of aromatic nitrogens is 1. The lowest BCUT2D eigenvalue weighted by Gasteiger charge is -2.09. The highest BCUT2D eigenvalue weighted by atomic mass is 16.5. The fourth-order valence-corrected chi connectivity index (χ4v) is 2.74. The van der Waals surface area contributed by atoms with Gasteiger partial charge in [0.25, 0.3) is 5.91 Å². The van der Waals surface area contributed by atoms with E-state index >= 15 is 0 Å². The van der Waals surface area contributed by atoms with E-state index in [4.69, 9.17) is 9.47 Å². The molecule has 0 fully saturated rings. The van der Waals surface area contributed by atoms with Gasteiger partial charge in [-0.05, 0) is 36.4 Å². The Morgan fingerprint density at radius 2 is 1.92 bits per heavy atom. The highest BCUT2D eigenvalue weighted by Crippen LogP contribution is 2.22. The molecular weight excluding hydrogens is 332 g/mol. The average Bonchev–Trinajstić information content (AvgIpc) is 3.03. The summed E-state index contributed by atoms with van der Waals surface area (Å²) in [6, 6.07) is 14.5. The van der Waals surface area contributed by atoms with Gasteiger partial charge < -0.3 is 19.8 Å². The molecule has 0 radical (unpaired) electrons. The second-order valence-corrected chi connectivity index (χ2v) is 5.84. The van der Waals surface area contributed by atoms with E-state index in [9.17, 15) is 9.59 Å². The van der Waals surface area contributed by atoms with Crippen molar-refractivity contribution in [2.45, 2.75) is 13.3 Å². The van der Waals surface area contributed by atoms with Crippen LogP contribution in [-0.4, -0.2) is 30.5 Å². The van der Waals surface area contributed by atoms with Crippen molar-refractivity contribution in [2.75, 3.05) is 13.7 Å². The van der Waals surface area contributed by atoms with Crippen LogP contribution in [0.2, 0.25) is 0 Å². The smallest absolute Gasteiger partial charge is 0.308 e. The monoisotopic (exact) mass is 352 g/mol. The van der Waals surface area contributed by atoms with Gasteiger partial charge in [0, 0.05) is 36.5 Å². The molecule has 0 atom stereocenters. The number of rotatable bonds is 6. The second-order valence-electron chi connectivity index (χ2n) is 5.84. The predicted octanol–water partition coefficient (Wildman–Crippen LogP) is 3.07. The molecule has 134 valence electrons. The van der Waals surface area contributed by atoms with Crippen LogP contribution in [0.3, 0.4) is 0 Å². The Bertz CT molecular complexity index is 946. The summed E-state index contributed by atoms with van der Waals surface area (Å²) < 4.78 is 10.3. The van der Waals surface area contributed by atoms with Crippen LogP contribution in [0.25, 0.3) is 10.9 Å². The van der Waals surface area contributed by atoms with Gasteiger partial charge in [0.05, 0.1) is 12.7 Å². The third-order valence-electron chi connectivity index (χ3n) is 3.95. The number of esters is 1. The molecule has 26 heavy (non-hydrogen) atoms. The fourth-order valence-electron chi connectivity index (χ4n) is 2.74. The van der Waals surface area contributed by atoms with Crippen molar-refractivity contribution in [3.05, 3.63) is 59.8 Å². The molecule has 0 bridgehead atoms. The summed E-state index contributed by atoms with van der Waals surface area (Å²) in [5.41, 5.74) is 2.37. The molecule has 0 aliphatic heterocycles. The highest BCUT2D eigenvalue weighted by Gasteiger charge is 2.13. The Morgan fingerprint density at radius 1 is 1.12 bits per heavy atom. The number of aromatic amines is 1. The number of nitrogens with one attached hydrogen (secondary N) is 2. The van der Waals surface area contributed by atoms with Gasteiger partial charge in [-0.3, -0.25) is 9.59 Å². The minimum Gasteiger partial charge on any atom is -0.497 e. The number of methoxy groups -OCH3 is 1. The lowest BCUT2D eigenvalue weighted by Crippen LogP contribution is -2.26. The summed E-state index contributed by atoms with van der Waals surface area (Å²) in [4.78, 5) is 26.8. The molecule has 2 N–H and O–H groups in total. The quantitative estimate of drug-likeness (QED) is 0.528. The Labute approximate surface area is 151 Å². The normalized spacial score (nSPS) is 10.5. The maximum absolute atomic E-state index is 12.4. The Balaban J connectivity index is 1.63. The molecule has 3 rings (SSSR count). The molecule has 0 aliphatic carbocycles. The van der Waals surface area contributed by atoms with Crippen LogP contribution < -0.4 is 14.8 Å². The molecule has 0 aliphatic rings. The summed E-state index contributed by atoms with van der Waals surface area (Å²) in [6.07, 6.45) is 0.651. The number of para-hydroxylation sites is 1. The van der Waals surface area contributed by atoms with Crippen molar-refractivity contribution in [1.29, 1.82) is 0 Å². The van der Waals surface area contributed by atoms with E-state index in [0.29, 0.717) is 18.5 Å². The van der Waals surface area contributed by atoms with E-state index in [0.717, 1.165) is 22.3 Å². The number of carbonyl (C=O) groups excluding carboxylic acids is 2. The zero-order valence-electron chi connectivity index (χ0n) is 14.7. The number of carbonyl (C=O) groups is 2. The Kier molecular flexibility index (Phi) is 5.22. The van der Waals surface area contributed by atoms with Crippen LogP contribution in [0.5, 0.6) is 11.5 Å². The number of ether oxygens (including phenoxy) is 2. The molecule has 0 saturated carbocycles. The van der Waals surface area contributed by atoms with Gasteiger partial charge in [0.15, 0.2) is 0 Å². The lowest BCUT2D eigenvalue weighted by molar-refractivity contribution is -0.131. The predicted molar refractivity (Wildman–Crippen MR) is 98.6 cm³/mol. The summed E-state index contributed by atoms with van der Waals surface area (Å²) in [5.74, 6) is 0.326. The molecular formula is C20H20N2O4. The van der Waals surface area contributed by atoms with Crippen LogP contribution >= 0.6 is 0 Å². The minimum absolute atomic E-state index is 0.259. The van der Waals surface area contributed by atoms with Gasteiger partial charge in [-0.2, -0.15) is 0 Å². The first kappa shape index (κ1) is 17.5. The largest absolute Gasteiger partial charge is 0.497 e. The molecule has 2 aromatic carbocycles. The number of benzene rings is 2. The molecule has 1 amide bonds. The van der Waals surface area contributed by atoms with E-state index in [1.165, 1.54) is 6.92 Å². The van der Waals surface area contributed by atoms with E-state index in [1.807, 2.05) is 24.3 Å². The molecule has 6 heteroatoms. The van der Waals surface area contributed by atoms with E-state index in [-0.39, 0.29) is 11.7 Å². The molecule has 0 spiro atoms. The summed E-state index contributed by atoms with van der Waals surface area (Å²) >= 11 is 0. The highest BCUT2D eigenvalue weighted by molar-refractivity contribution is 5.97. The average molecular weight is 352 g/mol. The zero-order chi connectivity index (χ0) is 18.5. The molecule has 0 unspecified atom stereocenters. The van der Waals surface area contributed by atoms with Gasteiger partial charge in [-0.25, -0.2) is 0 Å². The van der Waals surface area contributed by atoms with E-state index < -0.39 is 5.97 Å². The maximum atomic E-state index is 12.4. The summed E-state index contributed by atoms with van der Waals surface area (Å²) in [5, 5.41) is 3.91. The zero-order valence-corrected chi connectivity index (χ0v) is 14.7. The van der Waals surface area contributed by atoms with Gasteiger partial charge >= 0.3 is 5.97 Å². The standard InChI is InChI=1S/C20H20N2O4/c1-13(23)26-19-6-4-3-5-17(19)20(24)21-10-9-15-11-14-12-16(25-2)7-8-18(14)22-15/h3-8,11-12,22H,9-10H2,1-2H3,(H,21,24). The third kappa shape index (κ3) is 4.03. The summed E-state index contributed by atoms with van der Waals surface area (Å²) in [7, 11) is 1.64. The van der Waals surface area contributed by atoms with Crippen molar-refractivity contribution in [3.63, 3.8) is 0 Å². The minimum atomic E-state index is -0.459. The summed E-state index contributed by atoms with van der Waals surface area (Å²) in [6.45, 7) is 1.76. The Morgan fingerprint density at radius 3 is 2.69 bits per heavy atom. The lowest BCUT2D eigenvalue weighted by atomic mass is 10.2. The number of H-pyrrole nitrogens is 1. The number of fused-ring (bicyclic) bond motifs is 1. The fraction of sp³-hybridized carbons (Fsp3) is 0.200. The first-order valence-electron chi connectivity index (χ1n) is 8.28. The third-order valence-corrected chi connectivity index (χ3v) is 3.95. The second kappa shape index (κ2) is 7.74. The molecule has 6 nitrogen and oxygen atoms in total. The Hall–Kier alpha value is -3.28. The van der Waals surface area contributed by atoms with Crippen LogP contribution in [0.1, 0.15) is 23.0 Å². The van der Waals surface area contributed by atoms with Crippen LogP contribution in [0, 0.1) is 0 Å². The van der Waals surface area contributed by atoms with Crippen molar-refractivity contribution >= 4 is 22.8 Å². The van der Waals surface area contributed by atoms with Gasteiger partial charge in [-0.1, -0.05) is 12.1 Å². The van der Waals surface area contributed by atoms with Crippen molar-refractivity contribution in [3.8, 4) is 11.5 Å². The number of hydrogen-bond donors (Lipinski definition) is 2. The van der Waals surface area contributed by atoms with Gasteiger partial charge in [-0.15, -0.1) is 0 Å². The number of hydrogen-bond acceptors (Lipinski definition) is 4. The van der Waals surface area contributed by atoms with Crippen molar-refractivity contribution in [1.82, 2.24) is 10.3 Å². The van der Waals surface area contributed by atoms with Crippen LogP contribution in [0.4, 0.5) is 0 Å². The molecule has 3 aromatic rings. The SMILES string of the molecule is COc1ccc2[nH]c(CCNC(=O)c3ccccc3OC(C)=O)cc2c1. The van der Waals surface area contributed by atoms with Crippen molar-refractivity contribution in [2.24, 2.45) is 0 Å². The first-order chi connectivity index (χ1) is 12.6. The van der Waals surface area contributed by atoms with E-state index in [1.54, 1.807) is 31.4 Å². The van der Waals surface area contributed by atoms with Crippen LogP contribution in [-0.2, 0) is 11.2 Å². The molecule has 0 saturated heterocycles. The first-order valence-corrected chi connectivity index (χ1v) is 8.28. The molecule has 1 heterocycles. The van der Waals surface area contributed by atoms with Crippen LogP contribution in [0.15, 0.2) is 48.5 Å². The topological polar surface area (TPSA) is 80.4 Å². The van der Waals surface area contributed by atoms with Crippen molar-refractivity contribution < 1.29 is 19.1 Å². The van der Waals surface area contributed by atoms with Gasteiger partial charge in [0.2, 0.25) is 0 Å². The van der Waals surface area contributed by atoms with Gasteiger partial charge in [0.1, 0.15) is 11.5 Å². The van der Waals surface area contributed by atoms with E-state index in [2.05, 4.69) is 10.3 Å². The molecule has 1 aromatic heterocycles. The number of amides is 1.